The standard InChI is InChI=1S/C15H17F3N2O/c1-19(14-6-8-20(11-14)7-3-9-21)13-5-2-4-12(10-13)15(16,17)18/h2-5,7,9-10,14H,6,8,11H2,1H3/t14-/m1/s1. The van der Waals surface area contributed by atoms with E-state index in [9.17, 15) is 18.0 Å². The van der Waals surface area contributed by atoms with Gasteiger partial charge in [0.15, 0.2) is 0 Å². The van der Waals surface area contributed by atoms with Gasteiger partial charge >= 0.3 is 6.18 Å². The molecule has 0 N–H and O–H groups in total. The number of aldehydes is 1. The van der Waals surface area contributed by atoms with Crippen molar-refractivity contribution in [3.8, 4) is 0 Å². The average Bonchev–Trinajstić information content (AvgIpc) is 2.92. The van der Waals surface area contributed by atoms with E-state index in [-0.39, 0.29) is 6.04 Å². The van der Waals surface area contributed by atoms with E-state index >= 15 is 0 Å². The van der Waals surface area contributed by atoms with Crippen molar-refractivity contribution in [1.29, 1.82) is 0 Å². The maximum Gasteiger partial charge on any atom is 0.416 e. The van der Waals surface area contributed by atoms with Crippen molar-refractivity contribution in [1.82, 2.24) is 4.90 Å². The number of benzene rings is 1. The lowest BCUT2D eigenvalue weighted by molar-refractivity contribution is -0.137. The van der Waals surface area contributed by atoms with E-state index in [1.807, 2.05) is 9.80 Å². The van der Waals surface area contributed by atoms with Gasteiger partial charge in [-0.05, 0) is 30.7 Å². The first kappa shape index (κ1) is 15.4. The molecule has 3 nitrogen and oxygen atoms in total. The number of nitrogens with zero attached hydrogens (tertiary/aromatic N) is 2. The smallest absolute Gasteiger partial charge is 0.375 e. The molecule has 2 rings (SSSR count). The molecule has 21 heavy (non-hydrogen) atoms. The van der Waals surface area contributed by atoms with Crippen LogP contribution in [0, 0.1) is 0 Å². The van der Waals surface area contributed by atoms with Gasteiger partial charge in [-0.25, -0.2) is 0 Å². The molecule has 6 heteroatoms. The third kappa shape index (κ3) is 3.77. The Balaban J connectivity index is 2.09. The second kappa shape index (κ2) is 6.20. The molecular formula is C15H17F3N2O. The molecule has 1 atom stereocenters. The molecule has 0 aliphatic carbocycles. The van der Waals surface area contributed by atoms with Crippen LogP contribution in [-0.2, 0) is 11.0 Å². The Bertz CT molecular complexity index is 528. The van der Waals surface area contributed by atoms with Gasteiger partial charge < -0.3 is 9.80 Å². The van der Waals surface area contributed by atoms with Gasteiger partial charge in [-0.1, -0.05) is 6.07 Å². The van der Waals surface area contributed by atoms with E-state index in [0.29, 0.717) is 18.5 Å². The lowest BCUT2D eigenvalue weighted by Gasteiger charge is -2.27. The zero-order chi connectivity index (χ0) is 15.5. The fraction of sp³-hybridized carbons (Fsp3) is 0.400. The van der Waals surface area contributed by atoms with Crippen LogP contribution in [-0.4, -0.2) is 37.4 Å². The highest BCUT2D eigenvalue weighted by Crippen LogP contribution is 2.32. The van der Waals surface area contributed by atoms with Gasteiger partial charge in [0.2, 0.25) is 0 Å². The lowest BCUT2D eigenvalue weighted by atomic mass is 10.1. The number of hydrogen-bond acceptors (Lipinski definition) is 3. The Morgan fingerprint density at radius 3 is 2.81 bits per heavy atom. The predicted molar refractivity (Wildman–Crippen MR) is 75.0 cm³/mol. The van der Waals surface area contributed by atoms with Crippen LogP contribution in [0.1, 0.15) is 12.0 Å². The second-order valence-electron chi connectivity index (χ2n) is 5.07. The minimum atomic E-state index is -4.33. The minimum absolute atomic E-state index is 0.129. The molecule has 114 valence electrons. The van der Waals surface area contributed by atoms with Crippen molar-refractivity contribution in [3.63, 3.8) is 0 Å². The van der Waals surface area contributed by atoms with Crippen molar-refractivity contribution < 1.29 is 18.0 Å². The maximum atomic E-state index is 12.7. The third-order valence-electron chi connectivity index (χ3n) is 3.70. The van der Waals surface area contributed by atoms with E-state index in [0.717, 1.165) is 19.0 Å². The highest BCUT2D eigenvalue weighted by atomic mass is 19.4. The molecule has 1 aromatic carbocycles. The van der Waals surface area contributed by atoms with Crippen molar-refractivity contribution >= 4 is 12.0 Å². The minimum Gasteiger partial charge on any atom is -0.375 e. The lowest BCUT2D eigenvalue weighted by Crippen LogP contribution is -2.33. The number of rotatable bonds is 4. The molecular weight excluding hydrogens is 281 g/mol. The van der Waals surface area contributed by atoms with Crippen LogP contribution in [0.5, 0.6) is 0 Å². The normalized spacial score (nSPS) is 19.2. The summed E-state index contributed by atoms with van der Waals surface area (Å²) in [6.45, 7) is 1.48. The van der Waals surface area contributed by atoms with E-state index in [1.54, 1.807) is 19.3 Å². The summed E-state index contributed by atoms with van der Waals surface area (Å²) in [5.41, 5.74) is -0.0846. The van der Waals surface area contributed by atoms with Crippen molar-refractivity contribution in [2.24, 2.45) is 0 Å². The Morgan fingerprint density at radius 2 is 2.14 bits per heavy atom. The molecule has 1 aliphatic rings. The molecule has 1 aliphatic heterocycles. The Kier molecular flexibility index (Phi) is 4.55. The monoisotopic (exact) mass is 298 g/mol. The molecule has 0 saturated carbocycles. The number of likely N-dealkylation sites (N-methyl/N-ethyl adjacent to an activating group) is 1. The van der Waals surface area contributed by atoms with E-state index in [4.69, 9.17) is 0 Å². The van der Waals surface area contributed by atoms with Gasteiger partial charge in [-0.3, -0.25) is 4.79 Å². The highest BCUT2D eigenvalue weighted by molar-refractivity contribution is 5.64. The average molecular weight is 298 g/mol. The molecule has 0 radical (unpaired) electrons. The van der Waals surface area contributed by atoms with E-state index in [1.165, 1.54) is 18.2 Å². The molecule has 0 aromatic heterocycles. The molecule has 0 unspecified atom stereocenters. The number of allylic oxidation sites excluding steroid dienone is 1. The fourth-order valence-corrected chi connectivity index (χ4v) is 2.49. The Morgan fingerprint density at radius 1 is 1.38 bits per heavy atom. The van der Waals surface area contributed by atoms with E-state index < -0.39 is 11.7 Å². The molecule has 0 amide bonds. The Hall–Kier alpha value is -1.98. The number of likely N-dealkylation sites (tertiary alicyclic amines) is 1. The van der Waals surface area contributed by atoms with Gasteiger partial charge in [0.1, 0.15) is 6.29 Å². The van der Waals surface area contributed by atoms with Crippen LogP contribution in [0.3, 0.4) is 0 Å². The molecule has 1 aromatic rings. The van der Waals surface area contributed by atoms with Gasteiger partial charge in [-0.15, -0.1) is 0 Å². The number of halogens is 3. The molecule has 1 heterocycles. The summed E-state index contributed by atoms with van der Waals surface area (Å²) in [5, 5.41) is 0. The van der Waals surface area contributed by atoms with Crippen LogP contribution in [0.15, 0.2) is 36.5 Å². The zero-order valence-corrected chi connectivity index (χ0v) is 11.7. The number of alkyl halides is 3. The van der Waals surface area contributed by atoms with Crippen LogP contribution < -0.4 is 4.90 Å². The Labute approximate surface area is 121 Å². The van der Waals surface area contributed by atoms with Crippen LogP contribution in [0.2, 0.25) is 0 Å². The van der Waals surface area contributed by atoms with E-state index in [2.05, 4.69) is 0 Å². The first-order valence-electron chi connectivity index (χ1n) is 6.68. The zero-order valence-electron chi connectivity index (χ0n) is 11.7. The molecule has 1 saturated heterocycles. The summed E-state index contributed by atoms with van der Waals surface area (Å²) >= 11 is 0. The number of anilines is 1. The largest absolute Gasteiger partial charge is 0.416 e. The van der Waals surface area contributed by atoms with Crippen molar-refractivity contribution in [2.45, 2.75) is 18.6 Å². The second-order valence-corrected chi connectivity index (χ2v) is 5.07. The maximum absolute atomic E-state index is 12.7. The van der Waals surface area contributed by atoms with Crippen LogP contribution in [0.25, 0.3) is 0 Å². The van der Waals surface area contributed by atoms with Gasteiger partial charge in [0, 0.05) is 38.1 Å². The predicted octanol–water partition coefficient (Wildman–Crippen LogP) is 2.93. The summed E-state index contributed by atoms with van der Waals surface area (Å²) in [5.74, 6) is 0. The first-order valence-corrected chi connectivity index (χ1v) is 6.68. The van der Waals surface area contributed by atoms with Crippen LogP contribution >= 0.6 is 0 Å². The van der Waals surface area contributed by atoms with Crippen molar-refractivity contribution in [2.75, 3.05) is 25.0 Å². The summed E-state index contributed by atoms with van der Waals surface area (Å²) in [4.78, 5) is 14.2. The SMILES string of the molecule is CN(c1cccc(C(F)(F)F)c1)[C@@H]1CCN(C=CC=O)C1. The highest BCUT2D eigenvalue weighted by Gasteiger charge is 2.31. The molecule has 0 spiro atoms. The molecule has 0 bridgehead atoms. The van der Waals surface area contributed by atoms with Crippen molar-refractivity contribution in [3.05, 3.63) is 42.1 Å². The molecule has 1 fully saturated rings. The summed E-state index contributed by atoms with van der Waals surface area (Å²) in [6, 6.07) is 5.48. The number of carbonyl (C=O) groups excluding carboxylic acids is 1. The van der Waals surface area contributed by atoms with Gasteiger partial charge in [0.05, 0.1) is 5.56 Å². The van der Waals surface area contributed by atoms with Gasteiger partial charge in [0.25, 0.3) is 0 Å². The quantitative estimate of drug-likeness (QED) is 0.631. The van der Waals surface area contributed by atoms with Crippen LogP contribution in [0.4, 0.5) is 18.9 Å². The number of hydrogen-bond donors (Lipinski definition) is 0. The summed E-state index contributed by atoms with van der Waals surface area (Å²) < 4.78 is 38.2. The summed E-state index contributed by atoms with van der Waals surface area (Å²) in [7, 11) is 1.80. The summed E-state index contributed by atoms with van der Waals surface area (Å²) in [6.07, 6.45) is 0.366. The first-order chi connectivity index (χ1) is 9.91. The fourth-order valence-electron chi connectivity index (χ4n) is 2.49. The third-order valence-corrected chi connectivity index (χ3v) is 3.70. The topological polar surface area (TPSA) is 23.6 Å². The number of carbonyl (C=O) groups is 1. The van der Waals surface area contributed by atoms with Gasteiger partial charge in [-0.2, -0.15) is 13.2 Å².